The van der Waals surface area contributed by atoms with E-state index in [1.54, 1.807) is 12.1 Å². The van der Waals surface area contributed by atoms with Crippen molar-refractivity contribution >= 4 is 27.5 Å². The predicted octanol–water partition coefficient (Wildman–Crippen LogP) is 1.58. The molecular weight excluding hydrogens is 356 g/mol. The first-order valence-electron chi connectivity index (χ1n) is 7.07. The maximum absolute atomic E-state index is 12.2. The SMILES string of the molecule is CNC(=O)COc1ccc(S(=O)(=O)NCCc2ccco2)cc1Cl. The summed E-state index contributed by atoms with van der Waals surface area (Å²) in [5.41, 5.74) is 0. The van der Waals surface area contributed by atoms with Crippen molar-refractivity contribution in [2.45, 2.75) is 11.3 Å². The second kappa shape index (κ2) is 8.18. The minimum absolute atomic E-state index is 0.0132. The molecule has 0 aliphatic rings. The number of ether oxygens (including phenoxy) is 1. The number of carbonyl (C=O) groups excluding carboxylic acids is 1. The predicted molar refractivity (Wildman–Crippen MR) is 88.6 cm³/mol. The van der Waals surface area contributed by atoms with Gasteiger partial charge in [-0.2, -0.15) is 0 Å². The van der Waals surface area contributed by atoms with Gasteiger partial charge in [0.2, 0.25) is 10.0 Å². The van der Waals surface area contributed by atoms with Crippen LogP contribution >= 0.6 is 11.6 Å². The van der Waals surface area contributed by atoms with Crippen LogP contribution in [0.4, 0.5) is 0 Å². The maximum atomic E-state index is 12.2. The Labute approximate surface area is 145 Å². The van der Waals surface area contributed by atoms with Gasteiger partial charge in [0.15, 0.2) is 6.61 Å². The zero-order valence-corrected chi connectivity index (χ0v) is 14.5. The Morgan fingerprint density at radius 2 is 2.12 bits per heavy atom. The molecule has 7 nitrogen and oxygen atoms in total. The number of furan rings is 1. The van der Waals surface area contributed by atoms with Gasteiger partial charge in [0.25, 0.3) is 5.91 Å². The van der Waals surface area contributed by atoms with Crippen LogP contribution in [0, 0.1) is 0 Å². The van der Waals surface area contributed by atoms with Gasteiger partial charge in [-0.15, -0.1) is 0 Å². The number of rotatable bonds is 8. The Morgan fingerprint density at radius 3 is 2.75 bits per heavy atom. The lowest BCUT2D eigenvalue weighted by molar-refractivity contribution is -0.122. The first kappa shape index (κ1) is 18.3. The highest BCUT2D eigenvalue weighted by Crippen LogP contribution is 2.27. The normalized spacial score (nSPS) is 11.2. The van der Waals surface area contributed by atoms with Gasteiger partial charge in [0.1, 0.15) is 11.5 Å². The van der Waals surface area contributed by atoms with Crippen molar-refractivity contribution in [2.75, 3.05) is 20.2 Å². The third kappa shape index (κ3) is 4.98. The lowest BCUT2D eigenvalue weighted by Gasteiger charge is -2.10. The van der Waals surface area contributed by atoms with Crippen molar-refractivity contribution in [2.24, 2.45) is 0 Å². The summed E-state index contributed by atoms with van der Waals surface area (Å²) in [6.07, 6.45) is 1.97. The summed E-state index contributed by atoms with van der Waals surface area (Å²) in [4.78, 5) is 11.2. The number of hydrogen-bond donors (Lipinski definition) is 2. The third-order valence-electron chi connectivity index (χ3n) is 3.09. The number of amides is 1. The summed E-state index contributed by atoms with van der Waals surface area (Å²) in [5, 5.41) is 2.51. The van der Waals surface area contributed by atoms with E-state index in [2.05, 4.69) is 10.0 Å². The minimum atomic E-state index is -3.70. The van der Waals surface area contributed by atoms with Gasteiger partial charge in [-0.05, 0) is 30.3 Å². The van der Waals surface area contributed by atoms with E-state index in [0.29, 0.717) is 12.2 Å². The van der Waals surface area contributed by atoms with Crippen LogP contribution in [0.3, 0.4) is 0 Å². The van der Waals surface area contributed by atoms with E-state index in [4.69, 9.17) is 20.8 Å². The fourth-order valence-corrected chi connectivity index (χ4v) is 3.19. The van der Waals surface area contributed by atoms with Crippen molar-refractivity contribution in [1.29, 1.82) is 0 Å². The highest BCUT2D eigenvalue weighted by atomic mass is 35.5. The smallest absolute Gasteiger partial charge is 0.257 e. The third-order valence-corrected chi connectivity index (χ3v) is 4.85. The molecule has 0 fully saturated rings. The molecular formula is C15H17ClN2O5S. The molecule has 0 aliphatic heterocycles. The van der Waals surface area contributed by atoms with Crippen molar-refractivity contribution in [3.63, 3.8) is 0 Å². The van der Waals surface area contributed by atoms with Gasteiger partial charge in [-0.3, -0.25) is 4.79 Å². The molecule has 0 spiro atoms. The molecule has 0 saturated carbocycles. The van der Waals surface area contributed by atoms with Crippen LogP contribution in [0.5, 0.6) is 5.75 Å². The van der Waals surface area contributed by atoms with Gasteiger partial charge in [-0.25, -0.2) is 13.1 Å². The van der Waals surface area contributed by atoms with Crippen LogP contribution in [0.15, 0.2) is 45.9 Å². The zero-order valence-electron chi connectivity index (χ0n) is 12.9. The highest BCUT2D eigenvalue weighted by Gasteiger charge is 2.16. The molecule has 2 N–H and O–H groups in total. The molecule has 130 valence electrons. The first-order valence-corrected chi connectivity index (χ1v) is 8.93. The molecule has 1 aromatic carbocycles. The summed E-state index contributed by atoms with van der Waals surface area (Å²) >= 11 is 6.01. The molecule has 24 heavy (non-hydrogen) atoms. The maximum Gasteiger partial charge on any atom is 0.257 e. The van der Waals surface area contributed by atoms with Crippen LogP contribution in [-0.4, -0.2) is 34.5 Å². The van der Waals surface area contributed by atoms with E-state index in [1.807, 2.05) is 0 Å². The van der Waals surface area contributed by atoms with Crippen LogP contribution < -0.4 is 14.8 Å². The molecule has 0 radical (unpaired) electrons. The quantitative estimate of drug-likeness (QED) is 0.733. The van der Waals surface area contributed by atoms with E-state index in [0.717, 1.165) is 0 Å². The van der Waals surface area contributed by atoms with Crippen LogP contribution in [0.25, 0.3) is 0 Å². The van der Waals surface area contributed by atoms with Crippen molar-refractivity contribution in [1.82, 2.24) is 10.0 Å². The van der Waals surface area contributed by atoms with Crippen LogP contribution in [0.2, 0.25) is 5.02 Å². The summed E-state index contributed by atoms with van der Waals surface area (Å²) in [5.74, 6) is 0.603. The van der Waals surface area contributed by atoms with E-state index < -0.39 is 10.0 Å². The molecule has 2 rings (SSSR count). The molecule has 2 aromatic rings. The van der Waals surface area contributed by atoms with Gasteiger partial charge in [0.05, 0.1) is 16.2 Å². The average Bonchev–Trinajstić information content (AvgIpc) is 3.06. The number of halogens is 1. The largest absolute Gasteiger partial charge is 0.482 e. The fraction of sp³-hybridized carbons (Fsp3) is 0.267. The molecule has 0 aliphatic carbocycles. The van der Waals surface area contributed by atoms with E-state index in [9.17, 15) is 13.2 Å². The number of hydrogen-bond acceptors (Lipinski definition) is 5. The van der Waals surface area contributed by atoms with E-state index in [-0.39, 0.29) is 34.7 Å². The molecule has 1 aromatic heterocycles. The molecule has 1 heterocycles. The van der Waals surface area contributed by atoms with E-state index >= 15 is 0 Å². The average molecular weight is 373 g/mol. The van der Waals surface area contributed by atoms with Crippen molar-refractivity contribution in [3.05, 3.63) is 47.4 Å². The number of benzene rings is 1. The molecule has 1 amide bonds. The molecule has 0 unspecified atom stereocenters. The van der Waals surface area contributed by atoms with Gasteiger partial charge < -0.3 is 14.5 Å². The zero-order chi connectivity index (χ0) is 17.6. The summed E-state index contributed by atoms with van der Waals surface area (Å²) in [6.45, 7) is -0.00784. The van der Waals surface area contributed by atoms with Crippen molar-refractivity contribution < 1.29 is 22.4 Å². The molecule has 9 heteroatoms. The highest BCUT2D eigenvalue weighted by molar-refractivity contribution is 7.89. The topological polar surface area (TPSA) is 97.6 Å². The number of carbonyl (C=O) groups is 1. The van der Waals surface area contributed by atoms with Gasteiger partial charge in [-0.1, -0.05) is 11.6 Å². The lowest BCUT2D eigenvalue weighted by atomic mass is 10.3. The van der Waals surface area contributed by atoms with Crippen LogP contribution in [0.1, 0.15) is 5.76 Å². The number of likely N-dealkylation sites (N-methyl/N-ethyl adjacent to an activating group) is 1. The Bertz CT molecular complexity index is 790. The first-order chi connectivity index (χ1) is 11.4. The van der Waals surface area contributed by atoms with Gasteiger partial charge in [0, 0.05) is 20.0 Å². The Hall–Kier alpha value is -2.03. The second-order valence-corrected chi connectivity index (χ2v) is 6.96. The summed E-state index contributed by atoms with van der Waals surface area (Å²) in [7, 11) is -2.22. The monoisotopic (exact) mass is 372 g/mol. The molecule has 0 bridgehead atoms. The Kier molecular flexibility index (Phi) is 6.24. The number of sulfonamides is 1. The standard InChI is InChI=1S/C15H17ClN2O5S/c1-17-15(19)10-23-14-5-4-12(9-13(14)16)24(20,21)18-7-6-11-3-2-8-22-11/h2-5,8-9,18H,6-7,10H2,1H3,(H,17,19). The number of nitrogens with one attached hydrogen (secondary N) is 2. The summed E-state index contributed by atoms with van der Waals surface area (Å²) < 4.78 is 37.3. The molecule has 0 saturated heterocycles. The Morgan fingerprint density at radius 1 is 1.33 bits per heavy atom. The molecule has 0 atom stereocenters. The van der Waals surface area contributed by atoms with Crippen LogP contribution in [-0.2, 0) is 21.2 Å². The minimum Gasteiger partial charge on any atom is -0.482 e. The Balaban J connectivity index is 1.99. The second-order valence-electron chi connectivity index (χ2n) is 4.78. The fourth-order valence-electron chi connectivity index (χ4n) is 1.83. The van der Waals surface area contributed by atoms with Gasteiger partial charge >= 0.3 is 0 Å². The van der Waals surface area contributed by atoms with E-state index in [1.165, 1.54) is 31.5 Å². The lowest BCUT2D eigenvalue weighted by Crippen LogP contribution is -2.26. The van der Waals surface area contributed by atoms with Crippen molar-refractivity contribution in [3.8, 4) is 5.75 Å². The summed E-state index contributed by atoms with van der Waals surface area (Å²) in [6, 6.07) is 7.55.